The molecule has 18 heavy (non-hydrogen) atoms. The van der Waals surface area contributed by atoms with Crippen LogP contribution in [0.15, 0.2) is 30.3 Å². The molecule has 1 aliphatic rings. The Bertz CT molecular complexity index is 444. The van der Waals surface area contributed by atoms with Crippen molar-refractivity contribution >= 4 is 11.9 Å². The predicted octanol–water partition coefficient (Wildman–Crippen LogP) is 2.07. The molecule has 4 heteroatoms. The second-order valence-corrected chi connectivity index (χ2v) is 4.87. The largest absolute Gasteiger partial charge is 0.474 e. The molecule has 1 heterocycles. The zero-order valence-corrected chi connectivity index (χ0v) is 10.4. The van der Waals surface area contributed by atoms with Crippen molar-refractivity contribution in [3.05, 3.63) is 35.9 Å². The van der Waals surface area contributed by atoms with Crippen molar-refractivity contribution in [2.24, 2.45) is 5.92 Å². The highest BCUT2D eigenvalue weighted by Gasteiger charge is 2.33. The maximum atomic E-state index is 11.8. The van der Waals surface area contributed by atoms with Crippen LogP contribution in [0.25, 0.3) is 0 Å². The summed E-state index contributed by atoms with van der Waals surface area (Å²) in [5, 5.41) is 8.89. The highest BCUT2D eigenvalue weighted by atomic mass is 16.4. The number of nitrogens with zero attached hydrogens (tertiary/aromatic N) is 1. The number of aliphatic carboxylic acids is 1. The third-order valence-corrected chi connectivity index (χ3v) is 3.45. The third kappa shape index (κ3) is 2.53. The molecule has 1 saturated heterocycles. The summed E-state index contributed by atoms with van der Waals surface area (Å²) < 4.78 is 0. The van der Waals surface area contributed by atoms with Crippen molar-refractivity contribution in [3.8, 4) is 0 Å². The van der Waals surface area contributed by atoms with Gasteiger partial charge in [0.25, 0.3) is 0 Å². The van der Waals surface area contributed by atoms with Gasteiger partial charge in [0.1, 0.15) is 0 Å². The van der Waals surface area contributed by atoms with E-state index >= 15 is 0 Å². The number of carbonyl (C=O) groups excluding carboxylic acids is 1. The first-order valence-corrected chi connectivity index (χ1v) is 6.18. The fourth-order valence-electron chi connectivity index (χ4n) is 2.52. The summed E-state index contributed by atoms with van der Waals surface area (Å²) >= 11 is 0. The molecule has 1 aromatic rings. The zero-order chi connectivity index (χ0) is 13.1. The molecule has 0 spiro atoms. The van der Waals surface area contributed by atoms with Crippen LogP contribution in [0, 0.1) is 5.92 Å². The minimum Gasteiger partial charge on any atom is -0.474 e. The number of carbonyl (C=O) groups is 2. The maximum absolute atomic E-state index is 11.8. The first kappa shape index (κ1) is 12.6. The number of hydrogen-bond donors (Lipinski definition) is 1. The fraction of sp³-hybridized carbons (Fsp3) is 0.429. The third-order valence-electron chi connectivity index (χ3n) is 3.45. The van der Waals surface area contributed by atoms with Gasteiger partial charge in [0, 0.05) is 6.54 Å². The number of piperidine rings is 1. The van der Waals surface area contributed by atoms with Crippen LogP contribution in [-0.2, 0) is 9.59 Å². The monoisotopic (exact) mass is 247 g/mol. The lowest BCUT2D eigenvalue weighted by molar-refractivity contribution is -0.158. The SMILES string of the molecule is CC1CCC(c2ccccc2)N(C(=O)C(=O)O)C1. The van der Waals surface area contributed by atoms with Crippen LogP contribution in [0.1, 0.15) is 31.4 Å². The van der Waals surface area contributed by atoms with E-state index in [2.05, 4.69) is 0 Å². The van der Waals surface area contributed by atoms with E-state index in [-0.39, 0.29) is 6.04 Å². The second-order valence-electron chi connectivity index (χ2n) is 4.87. The Kier molecular flexibility index (Phi) is 3.65. The molecule has 96 valence electrons. The Morgan fingerprint density at radius 2 is 1.89 bits per heavy atom. The first-order valence-electron chi connectivity index (χ1n) is 6.18. The topological polar surface area (TPSA) is 57.6 Å². The van der Waals surface area contributed by atoms with E-state index in [0.29, 0.717) is 12.5 Å². The zero-order valence-electron chi connectivity index (χ0n) is 10.4. The molecule has 0 radical (unpaired) electrons. The second kappa shape index (κ2) is 5.21. The van der Waals surface area contributed by atoms with E-state index < -0.39 is 11.9 Å². The van der Waals surface area contributed by atoms with Gasteiger partial charge in [0.05, 0.1) is 6.04 Å². The van der Waals surface area contributed by atoms with Gasteiger partial charge in [-0.3, -0.25) is 4.79 Å². The van der Waals surface area contributed by atoms with Crippen LogP contribution in [0.4, 0.5) is 0 Å². The Labute approximate surface area is 106 Å². The van der Waals surface area contributed by atoms with Crippen LogP contribution >= 0.6 is 0 Å². The van der Waals surface area contributed by atoms with Crippen LogP contribution < -0.4 is 0 Å². The van der Waals surface area contributed by atoms with Gasteiger partial charge in [0.2, 0.25) is 0 Å². The van der Waals surface area contributed by atoms with E-state index in [4.69, 9.17) is 5.11 Å². The highest BCUT2D eigenvalue weighted by molar-refractivity contribution is 6.31. The summed E-state index contributed by atoms with van der Waals surface area (Å²) in [4.78, 5) is 24.1. The maximum Gasteiger partial charge on any atom is 0.394 e. The normalized spacial score (nSPS) is 23.7. The van der Waals surface area contributed by atoms with E-state index in [1.165, 1.54) is 4.90 Å². The average molecular weight is 247 g/mol. The highest BCUT2D eigenvalue weighted by Crippen LogP contribution is 2.33. The molecule has 1 aliphatic heterocycles. The molecule has 1 N–H and O–H groups in total. The van der Waals surface area contributed by atoms with Crippen LogP contribution in [-0.4, -0.2) is 28.4 Å². The minimum absolute atomic E-state index is 0.106. The van der Waals surface area contributed by atoms with E-state index in [9.17, 15) is 9.59 Å². The molecule has 0 saturated carbocycles. The van der Waals surface area contributed by atoms with E-state index in [1.807, 2.05) is 37.3 Å². The summed E-state index contributed by atoms with van der Waals surface area (Å²) in [5.41, 5.74) is 1.01. The van der Waals surface area contributed by atoms with Gasteiger partial charge in [-0.15, -0.1) is 0 Å². The molecule has 1 amide bonds. The Morgan fingerprint density at radius 3 is 2.50 bits per heavy atom. The van der Waals surface area contributed by atoms with Crippen molar-refractivity contribution < 1.29 is 14.7 Å². The van der Waals surface area contributed by atoms with E-state index in [1.54, 1.807) is 0 Å². The first-order chi connectivity index (χ1) is 8.59. The molecule has 0 aromatic heterocycles. The van der Waals surface area contributed by atoms with Crippen LogP contribution in [0.3, 0.4) is 0 Å². The average Bonchev–Trinajstić information content (AvgIpc) is 2.38. The molecule has 2 atom stereocenters. The predicted molar refractivity (Wildman–Crippen MR) is 66.9 cm³/mol. The van der Waals surface area contributed by atoms with E-state index in [0.717, 1.165) is 18.4 Å². The van der Waals surface area contributed by atoms with Crippen molar-refractivity contribution in [1.29, 1.82) is 0 Å². The molecule has 0 bridgehead atoms. The summed E-state index contributed by atoms with van der Waals surface area (Å²) in [6, 6.07) is 9.53. The van der Waals surface area contributed by atoms with Crippen LogP contribution in [0.5, 0.6) is 0 Å². The number of likely N-dealkylation sites (tertiary alicyclic amines) is 1. The molecule has 0 aliphatic carbocycles. The number of carboxylic acids is 1. The molecule has 2 unspecified atom stereocenters. The lowest BCUT2D eigenvalue weighted by Crippen LogP contribution is -2.44. The lowest BCUT2D eigenvalue weighted by Gasteiger charge is -2.38. The van der Waals surface area contributed by atoms with Crippen molar-refractivity contribution in [2.75, 3.05) is 6.54 Å². The van der Waals surface area contributed by atoms with Gasteiger partial charge in [-0.25, -0.2) is 4.79 Å². The quantitative estimate of drug-likeness (QED) is 0.773. The van der Waals surface area contributed by atoms with Gasteiger partial charge < -0.3 is 10.0 Å². The molecule has 1 aromatic carbocycles. The summed E-state index contributed by atoms with van der Waals surface area (Å²) in [6.07, 6.45) is 1.84. The van der Waals surface area contributed by atoms with Gasteiger partial charge in [-0.1, -0.05) is 37.3 Å². The van der Waals surface area contributed by atoms with Crippen molar-refractivity contribution in [3.63, 3.8) is 0 Å². The number of amides is 1. The van der Waals surface area contributed by atoms with Crippen molar-refractivity contribution in [2.45, 2.75) is 25.8 Å². The van der Waals surface area contributed by atoms with Gasteiger partial charge >= 0.3 is 11.9 Å². The summed E-state index contributed by atoms with van der Waals surface area (Å²) in [7, 11) is 0. The molecule has 4 nitrogen and oxygen atoms in total. The Balaban J connectivity index is 2.26. The lowest BCUT2D eigenvalue weighted by atomic mass is 9.90. The molecule has 2 rings (SSSR count). The van der Waals surface area contributed by atoms with Crippen LogP contribution in [0.2, 0.25) is 0 Å². The number of benzene rings is 1. The van der Waals surface area contributed by atoms with Gasteiger partial charge in [-0.2, -0.15) is 0 Å². The molecular formula is C14H17NO3. The Hall–Kier alpha value is -1.84. The number of rotatable bonds is 1. The number of hydrogen-bond acceptors (Lipinski definition) is 2. The Morgan fingerprint density at radius 1 is 1.22 bits per heavy atom. The van der Waals surface area contributed by atoms with Gasteiger partial charge in [0.15, 0.2) is 0 Å². The van der Waals surface area contributed by atoms with Gasteiger partial charge in [-0.05, 0) is 24.3 Å². The summed E-state index contributed by atoms with van der Waals surface area (Å²) in [6.45, 7) is 2.56. The van der Waals surface area contributed by atoms with Crippen molar-refractivity contribution in [1.82, 2.24) is 4.90 Å². The number of carboxylic acid groups (broad SMARTS) is 1. The molecular weight excluding hydrogens is 230 g/mol. The standard InChI is InChI=1S/C14H17NO3/c1-10-7-8-12(11-5-3-2-4-6-11)15(9-10)13(16)14(17)18/h2-6,10,12H,7-9H2,1H3,(H,17,18). The summed E-state index contributed by atoms with van der Waals surface area (Å²) in [5.74, 6) is -1.81. The minimum atomic E-state index is -1.37. The smallest absolute Gasteiger partial charge is 0.394 e. The molecule has 1 fully saturated rings. The fourth-order valence-corrected chi connectivity index (χ4v) is 2.52.